The predicted molar refractivity (Wildman–Crippen MR) is 66.3 cm³/mol. The minimum Gasteiger partial charge on any atom is -0.398 e. The minimum atomic E-state index is -3.43. The van der Waals surface area contributed by atoms with Gasteiger partial charge in [-0.25, -0.2) is 8.42 Å². The van der Waals surface area contributed by atoms with Crippen molar-refractivity contribution in [1.29, 1.82) is 0 Å². The van der Waals surface area contributed by atoms with Gasteiger partial charge < -0.3 is 10.5 Å². The van der Waals surface area contributed by atoms with E-state index in [4.69, 9.17) is 10.5 Å². The van der Waals surface area contributed by atoms with Crippen LogP contribution in [0.2, 0.25) is 0 Å². The lowest BCUT2D eigenvalue weighted by Crippen LogP contribution is -2.13. The summed E-state index contributed by atoms with van der Waals surface area (Å²) in [5.74, 6) is 0.275. The van der Waals surface area contributed by atoms with E-state index in [0.29, 0.717) is 12.5 Å². The van der Waals surface area contributed by atoms with Gasteiger partial charge >= 0.3 is 0 Å². The van der Waals surface area contributed by atoms with Gasteiger partial charge in [-0.2, -0.15) is 0 Å². The highest BCUT2D eigenvalue weighted by atomic mass is 32.2. The lowest BCUT2D eigenvalue weighted by Gasteiger charge is -2.08. The number of rotatable bonds is 5. The zero-order valence-electron chi connectivity index (χ0n) is 9.85. The molecule has 4 nitrogen and oxygen atoms in total. The third kappa shape index (κ3) is 3.20. The van der Waals surface area contributed by atoms with E-state index in [2.05, 4.69) is 0 Å². The summed E-state index contributed by atoms with van der Waals surface area (Å²) in [6.07, 6.45) is 2.29. The number of nitrogens with two attached hydrogens (primary N) is 1. The summed E-state index contributed by atoms with van der Waals surface area (Å²) in [7, 11) is -3.43. The van der Waals surface area contributed by atoms with E-state index in [1.54, 1.807) is 18.2 Å². The second-order valence-electron chi connectivity index (χ2n) is 4.59. The van der Waals surface area contributed by atoms with E-state index >= 15 is 0 Å². The van der Waals surface area contributed by atoms with Crippen molar-refractivity contribution in [2.75, 3.05) is 18.3 Å². The van der Waals surface area contributed by atoms with E-state index in [-0.39, 0.29) is 16.5 Å². The molecule has 0 amide bonds. The van der Waals surface area contributed by atoms with Crippen molar-refractivity contribution in [2.45, 2.75) is 24.7 Å². The lowest BCUT2D eigenvalue weighted by molar-refractivity contribution is 0.165. The Morgan fingerprint density at radius 2 is 2.12 bits per heavy atom. The van der Waals surface area contributed by atoms with Crippen LogP contribution in [-0.4, -0.2) is 21.0 Å². The first-order valence-electron chi connectivity index (χ1n) is 5.65. The van der Waals surface area contributed by atoms with Crippen molar-refractivity contribution in [3.05, 3.63) is 23.8 Å². The molecule has 5 heteroatoms. The highest BCUT2D eigenvalue weighted by Crippen LogP contribution is 2.29. The zero-order chi connectivity index (χ0) is 12.5. The summed E-state index contributed by atoms with van der Waals surface area (Å²) in [6.45, 7) is 2.37. The fourth-order valence-electron chi connectivity index (χ4n) is 1.58. The highest BCUT2D eigenvalue weighted by molar-refractivity contribution is 7.91. The van der Waals surface area contributed by atoms with Crippen LogP contribution in [0, 0.1) is 12.8 Å². The maximum Gasteiger partial charge on any atom is 0.204 e. The molecule has 0 atom stereocenters. The molecule has 2 rings (SSSR count). The number of benzene rings is 1. The smallest absolute Gasteiger partial charge is 0.204 e. The summed E-state index contributed by atoms with van der Waals surface area (Å²) in [6, 6.07) is 4.99. The van der Waals surface area contributed by atoms with E-state index in [1.165, 1.54) is 0 Å². The number of anilines is 1. The van der Waals surface area contributed by atoms with Crippen LogP contribution in [0.4, 0.5) is 5.69 Å². The average molecular weight is 255 g/mol. The van der Waals surface area contributed by atoms with Gasteiger partial charge in [-0.05, 0) is 43.4 Å². The summed E-state index contributed by atoms with van der Waals surface area (Å²) < 4.78 is 29.2. The van der Waals surface area contributed by atoms with Gasteiger partial charge in [0, 0.05) is 0 Å². The molecule has 1 aliphatic rings. The van der Waals surface area contributed by atoms with Gasteiger partial charge in [0.25, 0.3) is 0 Å². The number of hydrogen-bond donors (Lipinski definition) is 1. The van der Waals surface area contributed by atoms with Gasteiger partial charge in [0.15, 0.2) is 5.94 Å². The van der Waals surface area contributed by atoms with Gasteiger partial charge in [0.2, 0.25) is 9.84 Å². The van der Waals surface area contributed by atoms with E-state index in [9.17, 15) is 8.42 Å². The van der Waals surface area contributed by atoms with Crippen LogP contribution in [0.5, 0.6) is 0 Å². The summed E-state index contributed by atoms with van der Waals surface area (Å²) in [4.78, 5) is 0.174. The van der Waals surface area contributed by atoms with Gasteiger partial charge in [-0.15, -0.1) is 0 Å². The first kappa shape index (κ1) is 12.4. The molecule has 17 heavy (non-hydrogen) atoms. The molecule has 1 aromatic rings. The summed E-state index contributed by atoms with van der Waals surface area (Å²) >= 11 is 0. The van der Waals surface area contributed by atoms with Gasteiger partial charge in [-0.1, -0.05) is 6.07 Å². The monoisotopic (exact) mass is 255 g/mol. The van der Waals surface area contributed by atoms with Crippen LogP contribution in [-0.2, 0) is 14.6 Å². The average Bonchev–Trinajstić information content (AvgIpc) is 3.05. The second kappa shape index (κ2) is 4.66. The quantitative estimate of drug-likeness (QED) is 0.814. The lowest BCUT2D eigenvalue weighted by atomic mass is 10.2. The van der Waals surface area contributed by atoms with Crippen molar-refractivity contribution in [1.82, 2.24) is 0 Å². The Hall–Kier alpha value is -1.07. The molecule has 0 saturated heterocycles. The topological polar surface area (TPSA) is 69.4 Å². The van der Waals surface area contributed by atoms with Crippen molar-refractivity contribution in [3.63, 3.8) is 0 Å². The Bertz CT molecular complexity index is 506. The van der Waals surface area contributed by atoms with Crippen molar-refractivity contribution >= 4 is 15.5 Å². The highest BCUT2D eigenvalue weighted by Gasteiger charge is 2.24. The van der Waals surface area contributed by atoms with Crippen molar-refractivity contribution in [2.24, 2.45) is 5.92 Å². The molecule has 1 aromatic carbocycles. The third-order valence-electron chi connectivity index (χ3n) is 2.79. The van der Waals surface area contributed by atoms with Crippen LogP contribution in [0.3, 0.4) is 0 Å². The number of aryl methyl sites for hydroxylation is 1. The molecule has 0 aromatic heterocycles. The Kier molecular flexibility index (Phi) is 3.40. The zero-order valence-corrected chi connectivity index (χ0v) is 10.7. The molecule has 0 spiro atoms. The van der Waals surface area contributed by atoms with Gasteiger partial charge in [0.05, 0.1) is 17.2 Å². The number of nitrogen functional groups attached to an aromatic ring is 1. The molecule has 2 N–H and O–H groups in total. The molecule has 0 aliphatic heterocycles. The first-order chi connectivity index (χ1) is 7.99. The summed E-state index contributed by atoms with van der Waals surface area (Å²) in [5, 5.41) is 0. The SMILES string of the molecule is Cc1ccc(N)c(S(=O)(=O)COCC2CC2)c1. The number of sulfone groups is 1. The minimum absolute atomic E-state index is 0.174. The second-order valence-corrected chi connectivity index (χ2v) is 6.49. The van der Waals surface area contributed by atoms with Crippen molar-refractivity contribution in [3.8, 4) is 0 Å². The van der Waals surface area contributed by atoms with E-state index in [0.717, 1.165) is 18.4 Å². The van der Waals surface area contributed by atoms with Crippen LogP contribution in [0.1, 0.15) is 18.4 Å². The molecule has 1 aliphatic carbocycles. The number of hydrogen-bond acceptors (Lipinski definition) is 4. The van der Waals surface area contributed by atoms with Gasteiger partial charge in [-0.3, -0.25) is 0 Å². The van der Waals surface area contributed by atoms with Crippen LogP contribution >= 0.6 is 0 Å². The maximum absolute atomic E-state index is 12.0. The number of ether oxygens (including phenoxy) is 1. The molecule has 0 heterocycles. The van der Waals surface area contributed by atoms with Crippen LogP contribution < -0.4 is 5.73 Å². The summed E-state index contributed by atoms with van der Waals surface area (Å²) in [5.41, 5.74) is 6.84. The molecule has 0 radical (unpaired) electrons. The standard InChI is InChI=1S/C12H17NO3S/c1-9-2-5-11(13)12(6-9)17(14,15)8-16-7-10-3-4-10/h2,5-6,10H,3-4,7-8,13H2,1H3. The Morgan fingerprint density at radius 1 is 1.41 bits per heavy atom. The Morgan fingerprint density at radius 3 is 2.76 bits per heavy atom. The molecule has 0 unspecified atom stereocenters. The molecule has 1 fully saturated rings. The third-order valence-corrected chi connectivity index (χ3v) is 4.29. The van der Waals surface area contributed by atoms with Gasteiger partial charge in [0.1, 0.15) is 0 Å². The largest absolute Gasteiger partial charge is 0.398 e. The molecule has 1 saturated carbocycles. The normalized spacial score (nSPS) is 16.1. The fourth-order valence-corrected chi connectivity index (χ4v) is 2.82. The van der Waals surface area contributed by atoms with Crippen LogP contribution in [0.15, 0.2) is 23.1 Å². The van der Waals surface area contributed by atoms with Crippen LogP contribution in [0.25, 0.3) is 0 Å². The Balaban J connectivity index is 2.09. The fraction of sp³-hybridized carbons (Fsp3) is 0.500. The van der Waals surface area contributed by atoms with E-state index in [1.807, 2.05) is 6.92 Å². The molecule has 0 bridgehead atoms. The first-order valence-corrected chi connectivity index (χ1v) is 7.31. The molecular formula is C12H17NO3S. The predicted octanol–water partition coefficient (Wildman–Crippen LogP) is 1.74. The Labute approximate surface area is 102 Å². The van der Waals surface area contributed by atoms with Crippen molar-refractivity contribution < 1.29 is 13.2 Å². The molecule has 94 valence electrons. The maximum atomic E-state index is 12.0. The van der Waals surface area contributed by atoms with E-state index < -0.39 is 9.84 Å². The molecular weight excluding hydrogens is 238 g/mol.